The second kappa shape index (κ2) is 8.19. The third-order valence-electron chi connectivity index (χ3n) is 5.79. The highest BCUT2D eigenvalue weighted by molar-refractivity contribution is 5.82. The first-order chi connectivity index (χ1) is 13.2. The van der Waals surface area contributed by atoms with Gasteiger partial charge in [0.2, 0.25) is 5.91 Å². The van der Waals surface area contributed by atoms with Gasteiger partial charge >= 0.3 is 0 Å². The van der Waals surface area contributed by atoms with Crippen molar-refractivity contribution in [1.29, 1.82) is 0 Å². The monoisotopic (exact) mass is 369 g/mol. The number of carbonyl (C=O) groups is 1. The average molecular weight is 369 g/mol. The van der Waals surface area contributed by atoms with Gasteiger partial charge in [-0.05, 0) is 31.6 Å². The smallest absolute Gasteiger partial charge is 0.239 e. The van der Waals surface area contributed by atoms with Gasteiger partial charge in [0.15, 0.2) is 5.82 Å². The Bertz CT molecular complexity index is 749. The fourth-order valence-corrected chi connectivity index (χ4v) is 4.03. The van der Waals surface area contributed by atoms with E-state index in [0.717, 1.165) is 56.0 Å². The van der Waals surface area contributed by atoms with E-state index in [1.54, 1.807) is 0 Å². The Morgan fingerprint density at radius 3 is 2.56 bits per heavy atom. The third-order valence-corrected chi connectivity index (χ3v) is 5.79. The Balaban J connectivity index is 1.33. The van der Waals surface area contributed by atoms with Crippen molar-refractivity contribution in [3.8, 4) is 11.4 Å². The van der Waals surface area contributed by atoms with Gasteiger partial charge in [-0.25, -0.2) is 4.98 Å². The van der Waals surface area contributed by atoms with Gasteiger partial charge in [-0.2, -0.15) is 5.10 Å². The van der Waals surface area contributed by atoms with E-state index in [2.05, 4.69) is 15.2 Å². The minimum absolute atomic E-state index is 0.0860. The number of piperidine rings is 1. The SMILES string of the molecule is NC(C(=O)N1CCC(c2nc(-c3ccccc3)n[nH]2)CC1)C1CCOCC1. The maximum atomic E-state index is 12.8. The number of nitrogens with zero attached hydrogens (tertiary/aromatic N) is 3. The molecule has 4 rings (SSSR count). The lowest BCUT2D eigenvalue weighted by Gasteiger charge is -2.35. The lowest BCUT2D eigenvalue weighted by molar-refractivity contribution is -0.135. The van der Waals surface area contributed by atoms with Crippen LogP contribution in [0.15, 0.2) is 30.3 Å². The summed E-state index contributed by atoms with van der Waals surface area (Å²) in [5.74, 6) is 2.27. The number of hydrogen-bond donors (Lipinski definition) is 2. The molecule has 2 aromatic rings. The first-order valence-corrected chi connectivity index (χ1v) is 9.82. The van der Waals surface area contributed by atoms with Gasteiger partial charge in [-0.15, -0.1) is 0 Å². The van der Waals surface area contributed by atoms with Crippen molar-refractivity contribution in [2.75, 3.05) is 26.3 Å². The average Bonchev–Trinajstić information content (AvgIpc) is 3.24. The predicted octanol–water partition coefficient (Wildman–Crippen LogP) is 1.93. The van der Waals surface area contributed by atoms with Crippen LogP contribution in [-0.2, 0) is 9.53 Å². The summed E-state index contributed by atoms with van der Waals surface area (Å²) in [5, 5.41) is 7.45. The second-order valence-electron chi connectivity index (χ2n) is 7.49. The molecule has 2 aliphatic rings. The van der Waals surface area contributed by atoms with Crippen LogP contribution in [-0.4, -0.2) is 58.3 Å². The molecule has 2 saturated heterocycles. The van der Waals surface area contributed by atoms with Gasteiger partial charge < -0.3 is 15.4 Å². The van der Waals surface area contributed by atoms with Crippen molar-refractivity contribution < 1.29 is 9.53 Å². The van der Waals surface area contributed by atoms with E-state index in [9.17, 15) is 4.79 Å². The zero-order valence-electron chi connectivity index (χ0n) is 15.5. The molecule has 2 fully saturated rings. The Labute approximate surface area is 159 Å². The number of rotatable bonds is 4. The van der Waals surface area contributed by atoms with Gasteiger partial charge in [-0.1, -0.05) is 30.3 Å². The lowest BCUT2D eigenvalue weighted by Crippen LogP contribution is -2.51. The summed E-state index contributed by atoms with van der Waals surface area (Å²) < 4.78 is 5.38. The highest BCUT2D eigenvalue weighted by Gasteiger charge is 2.32. The topological polar surface area (TPSA) is 97.1 Å². The van der Waals surface area contributed by atoms with E-state index in [0.29, 0.717) is 19.1 Å². The number of aromatic amines is 1. The molecule has 2 aliphatic heterocycles. The highest BCUT2D eigenvalue weighted by atomic mass is 16.5. The molecule has 7 heteroatoms. The summed E-state index contributed by atoms with van der Waals surface area (Å²) in [6, 6.07) is 9.56. The molecule has 7 nitrogen and oxygen atoms in total. The maximum Gasteiger partial charge on any atom is 0.239 e. The van der Waals surface area contributed by atoms with Crippen molar-refractivity contribution >= 4 is 5.91 Å². The Morgan fingerprint density at radius 2 is 1.85 bits per heavy atom. The van der Waals surface area contributed by atoms with Crippen LogP contribution in [0.25, 0.3) is 11.4 Å². The fourth-order valence-electron chi connectivity index (χ4n) is 4.03. The van der Waals surface area contributed by atoms with Crippen LogP contribution in [0.3, 0.4) is 0 Å². The molecule has 144 valence electrons. The van der Waals surface area contributed by atoms with Crippen molar-refractivity contribution in [1.82, 2.24) is 20.1 Å². The van der Waals surface area contributed by atoms with Crippen LogP contribution < -0.4 is 5.73 Å². The number of nitrogens with two attached hydrogens (primary N) is 1. The number of likely N-dealkylation sites (tertiary alicyclic amines) is 1. The molecule has 1 unspecified atom stereocenters. The van der Waals surface area contributed by atoms with Crippen LogP contribution in [0.5, 0.6) is 0 Å². The van der Waals surface area contributed by atoms with Gasteiger partial charge in [0.25, 0.3) is 0 Å². The lowest BCUT2D eigenvalue weighted by atomic mass is 9.90. The summed E-state index contributed by atoms with van der Waals surface area (Å²) in [4.78, 5) is 19.3. The predicted molar refractivity (Wildman–Crippen MR) is 102 cm³/mol. The van der Waals surface area contributed by atoms with Crippen LogP contribution in [0, 0.1) is 5.92 Å². The first kappa shape index (κ1) is 18.1. The summed E-state index contributed by atoms with van der Waals surface area (Å²) in [7, 11) is 0. The summed E-state index contributed by atoms with van der Waals surface area (Å²) in [5.41, 5.74) is 7.27. The van der Waals surface area contributed by atoms with Crippen LogP contribution in [0.2, 0.25) is 0 Å². The zero-order chi connectivity index (χ0) is 18.6. The molecule has 0 bridgehead atoms. The van der Waals surface area contributed by atoms with Gasteiger partial charge in [0, 0.05) is 37.8 Å². The van der Waals surface area contributed by atoms with E-state index >= 15 is 0 Å². The third kappa shape index (κ3) is 4.04. The van der Waals surface area contributed by atoms with E-state index in [-0.39, 0.29) is 11.8 Å². The number of ether oxygens (including phenoxy) is 1. The normalized spacial score (nSPS) is 20.6. The number of hydrogen-bond acceptors (Lipinski definition) is 5. The number of nitrogens with one attached hydrogen (secondary N) is 1. The molecule has 3 N–H and O–H groups in total. The van der Waals surface area contributed by atoms with Crippen LogP contribution in [0.1, 0.15) is 37.4 Å². The summed E-state index contributed by atoms with van der Waals surface area (Å²) >= 11 is 0. The Kier molecular flexibility index (Phi) is 5.50. The molecule has 1 atom stereocenters. The van der Waals surface area contributed by atoms with E-state index in [1.165, 1.54) is 0 Å². The Morgan fingerprint density at radius 1 is 1.15 bits per heavy atom. The van der Waals surface area contributed by atoms with E-state index < -0.39 is 6.04 Å². The van der Waals surface area contributed by atoms with Gasteiger partial charge in [0.05, 0.1) is 6.04 Å². The molecule has 1 aromatic heterocycles. The van der Waals surface area contributed by atoms with Crippen molar-refractivity contribution in [3.05, 3.63) is 36.2 Å². The largest absolute Gasteiger partial charge is 0.381 e. The maximum absolute atomic E-state index is 12.8. The van der Waals surface area contributed by atoms with Crippen LogP contribution in [0.4, 0.5) is 0 Å². The number of amides is 1. The number of aromatic nitrogens is 3. The molecule has 27 heavy (non-hydrogen) atoms. The van der Waals surface area contributed by atoms with E-state index in [4.69, 9.17) is 10.5 Å². The molecule has 0 spiro atoms. The number of carbonyl (C=O) groups excluding carboxylic acids is 1. The summed E-state index contributed by atoms with van der Waals surface area (Å²) in [6.07, 6.45) is 3.53. The van der Waals surface area contributed by atoms with Gasteiger partial charge in [0.1, 0.15) is 5.82 Å². The highest BCUT2D eigenvalue weighted by Crippen LogP contribution is 2.28. The minimum atomic E-state index is -0.402. The zero-order valence-corrected chi connectivity index (χ0v) is 15.5. The van der Waals surface area contributed by atoms with Crippen molar-refractivity contribution in [3.63, 3.8) is 0 Å². The number of benzene rings is 1. The fraction of sp³-hybridized carbons (Fsp3) is 0.550. The molecule has 1 aromatic carbocycles. The van der Waals surface area contributed by atoms with Gasteiger partial charge in [-0.3, -0.25) is 9.89 Å². The molecule has 3 heterocycles. The van der Waals surface area contributed by atoms with Crippen molar-refractivity contribution in [2.24, 2.45) is 11.7 Å². The molecule has 0 radical (unpaired) electrons. The molecular formula is C20H27N5O2. The minimum Gasteiger partial charge on any atom is -0.381 e. The molecular weight excluding hydrogens is 342 g/mol. The second-order valence-corrected chi connectivity index (χ2v) is 7.49. The molecule has 0 aliphatic carbocycles. The number of H-pyrrole nitrogens is 1. The Hall–Kier alpha value is -2.25. The molecule has 0 saturated carbocycles. The molecule has 1 amide bonds. The van der Waals surface area contributed by atoms with E-state index in [1.807, 2.05) is 35.2 Å². The first-order valence-electron chi connectivity index (χ1n) is 9.82. The van der Waals surface area contributed by atoms with Crippen molar-refractivity contribution in [2.45, 2.75) is 37.6 Å². The summed E-state index contributed by atoms with van der Waals surface area (Å²) in [6.45, 7) is 2.87. The quantitative estimate of drug-likeness (QED) is 0.858. The van der Waals surface area contributed by atoms with Crippen LogP contribution >= 0.6 is 0 Å². The standard InChI is InChI=1S/C20H27N5O2/c21-17(14-8-12-27-13-9-14)20(26)25-10-6-16(7-11-25)19-22-18(23-24-19)15-4-2-1-3-5-15/h1-5,14,16-17H,6-13,21H2,(H,22,23,24).